The van der Waals surface area contributed by atoms with Gasteiger partial charge in [-0.3, -0.25) is 0 Å². The van der Waals surface area contributed by atoms with E-state index in [2.05, 4.69) is 10.2 Å². The van der Waals surface area contributed by atoms with Crippen LogP contribution < -0.4 is 5.32 Å². The van der Waals surface area contributed by atoms with E-state index in [4.69, 9.17) is 0 Å². The van der Waals surface area contributed by atoms with E-state index < -0.39 is 0 Å². The van der Waals surface area contributed by atoms with Gasteiger partial charge < -0.3 is 10.2 Å². The zero-order valence-electron chi connectivity index (χ0n) is 10.7. The first-order valence-electron chi connectivity index (χ1n) is 7.03. The highest BCUT2D eigenvalue weighted by atomic mass is 19.1. The van der Waals surface area contributed by atoms with E-state index in [1.54, 1.807) is 0 Å². The Kier molecular flexibility index (Phi) is 3.62. The first-order chi connectivity index (χ1) is 8.81. The van der Waals surface area contributed by atoms with Gasteiger partial charge in [-0.25, -0.2) is 4.39 Å². The molecule has 1 N–H and O–H groups in total. The summed E-state index contributed by atoms with van der Waals surface area (Å²) >= 11 is 0. The van der Waals surface area contributed by atoms with Gasteiger partial charge in [0.05, 0.1) is 0 Å². The summed E-state index contributed by atoms with van der Waals surface area (Å²) in [7, 11) is 0. The van der Waals surface area contributed by atoms with Crippen LogP contribution in [0, 0.1) is 5.82 Å². The van der Waals surface area contributed by atoms with Crippen molar-refractivity contribution in [2.45, 2.75) is 44.3 Å². The first-order valence-corrected chi connectivity index (χ1v) is 7.03. The minimum Gasteiger partial charge on any atom is -0.310 e. The lowest BCUT2D eigenvalue weighted by Crippen LogP contribution is -2.45. The van der Waals surface area contributed by atoms with Crippen molar-refractivity contribution in [3.63, 3.8) is 0 Å². The molecule has 3 rings (SSSR count). The summed E-state index contributed by atoms with van der Waals surface area (Å²) < 4.78 is 12.8. The Labute approximate surface area is 108 Å². The van der Waals surface area contributed by atoms with Crippen molar-refractivity contribution in [2.75, 3.05) is 13.1 Å². The van der Waals surface area contributed by atoms with E-state index in [1.165, 1.54) is 56.5 Å². The molecule has 2 nitrogen and oxygen atoms in total. The van der Waals surface area contributed by atoms with E-state index in [9.17, 15) is 4.39 Å². The van der Waals surface area contributed by atoms with Gasteiger partial charge in [0.15, 0.2) is 0 Å². The zero-order valence-corrected chi connectivity index (χ0v) is 10.7. The van der Waals surface area contributed by atoms with Crippen molar-refractivity contribution in [1.82, 2.24) is 10.2 Å². The highest BCUT2D eigenvalue weighted by Gasteiger charge is 2.31. The molecule has 2 aliphatic rings. The minimum atomic E-state index is -0.155. The van der Waals surface area contributed by atoms with Crippen LogP contribution >= 0.6 is 0 Å². The molecule has 3 heteroatoms. The van der Waals surface area contributed by atoms with E-state index in [-0.39, 0.29) is 5.82 Å². The van der Waals surface area contributed by atoms with Crippen LogP contribution in [0.15, 0.2) is 24.3 Å². The predicted molar refractivity (Wildman–Crippen MR) is 70.9 cm³/mol. The Balaban J connectivity index is 1.50. The van der Waals surface area contributed by atoms with Gasteiger partial charge in [-0.2, -0.15) is 0 Å². The average Bonchev–Trinajstić information content (AvgIpc) is 2.85. The molecule has 98 valence electrons. The molecular weight excluding hydrogens is 227 g/mol. The summed E-state index contributed by atoms with van der Waals surface area (Å²) in [6, 6.07) is 8.26. The summed E-state index contributed by atoms with van der Waals surface area (Å²) in [4.78, 5) is 2.63. The van der Waals surface area contributed by atoms with Crippen LogP contribution in [0.1, 0.15) is 31.2 Å². The standard InChI is InChI=1S/C15H21FN2/c16-13-5-3-12(4-6-13)11-17-14-7-9-18-8-1-2-15(18)10-14/h3-6,14-15,17H,1-2,7-11H2/t14-,15-/m0/s1. The van der Waals surface area contributed by atoms with E-state index in [0.717, 1.165) is 12.6 Å². The Bertz CT molecular complexity index is 390. The van der Waals surface area contributed by atoms with Crippen LogP contribution in [0.4, 0.5) is 4.39 Å². The average molecular weight is 248 g/mol. The Morgan fingerprint density at radius 2 is 2.00 bits per heavy atom. The number of hydrogen-bond acceptors (Lipinski definition) is 2. The van der Waals surface area contributed by atoms with Gasteiger partial charge in [-0.1, -0.05) is 12.1 Å². The zero-order chi connectivity index (χ0) is 12.4. The largest absolute Gasteiger partial charge is 0.310 e. The minimum absolute atomic E-state index is 0.155. The molecule has 0 saturated carbocycles. The molecular formula is C15H21FN2. The first kappa shape index (κ1) is 12.1. The van der Waals surface area contributed by atoms with Crippen LogP contribution in [0.2, 0.25) is 0 Å². The summed E-state index contributed by atoms with van der Waals surface area (Å²) in [5.74, 6) is -0.155. The number of rotatable bonds is 3. The van der Waals surface area contributed by atoms with Gasteiger partial charge in [0.25, 0.3) is 0 Å². The molecule has 0 amide bonds. The number of hydrogen-bond donors (Lipinski definition) is 1. The Hall–Kier alpha value is -0.930. The highest BCUT2D eigenvalue weighted by molar-refractivity contribution is 5.15. The maximum absolute atomic E-state index is 12.8. The fraction of sp³-hybridized carbons (Fsp3) is 0.600. The monoisotopic (exact) mass is 248 g/mol. The second-order valence-electron chi connectivity index (χ2n) is 5.56. The van der Waals surface area contributed by atoms with Gasteiger partial charge in [-0.15, -0.1) is 0 Å². The molecule has 2 aliphatic heterocycles. The Morgan fingerprint density at radius 1 is 1.17 bits per heavy atom. The third kappa shape index (κ3) is 2.73. The topological polar surface area (TPSA) is 15.3 Å². The highest BCUT2D eigenvalue weighted by Crippen LogP contribution is 2.26. The third-order valence-corrected chi connectivity index (χ3v) is 4.33. The van der Waals surface area contributed by atoms with Crippen molar-refractivity contribution in [2.24, 2.45) is 0 Å². The van der Waals surface area contributed by atoms with Gasteiger partial charge in [0.2, 0.25) is 0 Å². The van der Waals surface area contributed by atoms with Crippen molar-refractivity contribution in [3.05, 3.63) is 35.6 Å². The number of benzene rings is 1. The number of piperidine rings is 1. The fourth-order valence-corrected chi connectivity index (χ4v) is 3.27. The van der Waals surface area contributed by atoms with Crippen LogP contribution in [-0.2, 0) is 6.54 Å². The molecule has 18 heavy (non-hydrogen) atoms. The molecule has 0 aromatic heterocycles. The smallest absolute Gasteiger partial charge is 0.123 e. The molecule has 2 saturated heterocycles. The lowest BCUT2D eigenvalue weighted by Gasteiger charge is -2.35. The van der Waals surface area contributed by atoms with E-state index in [1.807, 2.05) is 12.1 Å². The molecule has 1 aromatic rings. The van der Waals surface area contributed by atoms with Crippen LogP contribution in [-0.4, -0.2) is 30.1 Å². The lowest BCUT2D eigenvalue weighted by molar-refractivity contribution is 0.166. The van der Waals surface area contributed by atoms with Gasteiger partial charge in [0.1, 0.15) is 5.82 Å². The normalized spacial score (nSPS) is 28.3. The van der Waals surface area contributed by atoms with Crippen LogP contribution in [0.5, 0.6) is 0 Å². The quantitative estimate of drug-likeness (QED) is 0.884. The summed E-state index contributed by atoms with van der Waals surface area (Å²) in [5, 5.41) is 3.62. The molecule has 2 heterocycles. The molecule has 2 atom stereocenters. The number of nitrogens with zero attached hydrogens (tertiary/aromatic N) is 1. The van der Waals surface area contributed by atoms with Gasteiger partial charge in [0, 0.05) is 18.6 Å². The number of fused-ring (bicyclic) bond motifs is 1. The lowest BCUT2D eigenvalue weighted by atomic mass is 9.97. The molecule has 1 aromatic carbocycles. The molecule has 0 spiro atoms. The SMILES string of the molecule is Fc1ccc(CN[C@H]2CCN3CCC[C@H]3C2)cc1. The molecule has 0 bridgehead atoms. The molecule has 0 radical (unpaired) electrons. The summed E-state index contributed by atoms with van der Waals surface area (Å²) in [6.45, 7) is 3.40. The number of halogens is 1. The van der Waals surface area contributed by atoms with Crippen LogP contribution in [0.25, 0.3) is 0 Å². The third-order valence-electron chi connectivity index (χ3n) is 4.33. The van der Waals surface area contributed by atoms with Crippen molar-refractivity contribution in [3.8, 4) is 0 Å². The van der Waals surface area contributed by atoms with Crippen LogP contribution in [0.3, 0.4) is 0 Å². The maximum atomic E-state index is 12.8. The summed E-state index contributed by atoms with van der Waals surface area (Å²) in [6.07, 6.45) is 5.27. The second kappa shape index (κ2) is 5.37. The number of nitrogens with one attached hydrogen (secondary N) is 1. The van der Waals surface area contributed by atoms with Crippen molar-refractivity contribution < 1.29 is 4.39 Å². The van der Waals surface area contributed by atoms with Crippen molar-refractivity contribution >= 4 is 0 Å². The second-order valence-corrected chi connectivity index (χ2v) is 5.56. The molecule has 2 fully saturated rings. The predicted octanol–water partition coefficient (Wildman–Crippen LogP) is 2.54. The maximum Gasteiger partial charge on any atom is 0.123 e. The van der Waals surface area contributed by atoms with Gasteiger partial charge >= 0.3 is 0 Å². The fourth-order valence-electron chi connectivity index (χ4n) is 3.27. The van der Waals surface area contributed by atoms with E-state index in [0.29, 0.717) is 6.04 Å². The molecule has 0 aliphatic carbocycles. The van der Waals surface area contributed by atoms with Crippen molar-refractivity contribution in [1.29, 1.82) is 0 Å². The molecule has 0 unspecified atom stereocenters. The summed E-state index contributed by atoms with van der Waals surface area (Å²) in [5.41, 5.74) is 1.17. The van der Waals surface area contributed by atoms with Gasteiger partial charge in [-0.05, 0) is 56.5 Å². The van der Waals surface area contributed by atoms with E-state index >= 15 is 0 Å². The Morgan fingerprint density at radius 3 is 2.83 bits per heavy atom.